The van der Waals surface area contributed by atoms with Crippen molar-refractivity contribution in [2.45, 2.75) is 26.4 Å². The maximum Gasteiger partial charge on any atom is 0.255 e. The molecule has 2 atom stereocenters. The minimum atomic E-state index is -0.153. The summed E-state index contributed by atoms with van der Waals surface area (Å²) in [6.45, 7) is 5.76. The number of hydrogen-bond acceptors (Lipinski definition) is 4. The number of ether oxygens (including phenoxy) is 2. The minimum Gasteiger partial charge on any atom is -0.491 e. The summed E-state index contributed by atoms with van der Waals surface area (Å²) in [5.41, 5.74) is 6.83. The van der Waals surface area contributed by atoms with Crippen molar-refractivity contribution >= 4 is 11.6 Å². The lowest BCUT2D eigenvalue weighted by atomic mass is 10.0. The highest BCUT2D eigenvalue weighted by atomic mass is 16.5. The molecule has 1 amide bonds. The van der Waals surface area contributed by atoms with Gasteiger partial charge in [-0.15, -0.1) is 0 Å². The average Bonchev–Trinajstić information content (AvgIpc) is 2.84. The van der Waals surface area contributed by atoms with Crippen LogP contribution >= 0.6 is 0 Å². The van der Waals surface area contributed by atoms with Crippen molar-refractivity contribution < 1.29 is 14.3 Å². The molecule has 1 heterocycles. The summed E-state index contributed by atoms with van der Waals surface area (Å²) >= 11 is 0. The molecule has 20 heavy (non-hydrogen) atoms. The largest absolute Gasteiger partial charge is 0.491 e. The van der Waals surface area contributed by atoms with Gasteiger partial charge < -0.3 is 20.5 Å². The van der Waals surface area contributed by atoms with Crippen LogP contribution in [0, 0.1) is 5.92 Å². The van der Waals surface area contributed by atoms with E-state index < -0.39 is 0 Å². The standard InChI is InChI=1S/C15H22N2O3/c1-3-19-14-12(5-4-6-13(14)16)15(18)17-9-11-7-8-20-10(11)2/h4-6,10-11H,3,7-9,16H2,1-2H3,(H,17,18). The molecule has 1 aromatic rings. The van der Waals surface area contributed by atoms with Gasteiger partial charge in [0.25, 0.3) is 5.91 Å². The quantitative estimate of drug-likeness (QED) is 0.806. The van der Waals surface area contributed by atoms with Gasteiger partial charge in [0.2, 0.25) is 0 Å². The number of amides is 1. The SMILES string of the molecule is CCOc1c(N)cccc1C(=O)NCC1CCOC1C. The van der Waals surface area contributed by atoms with Gasteiger partial charge in [-0.3, -0.25) is 4.79 Å². The van der Waals surface area contributed by atoms with Crippen molar-refractivity contribution in [3.05, 3.63) is 23.8 Å². The van der Waals surface area contributed by atoms with E-state index in [2.05, 4.69) is 5.32 Å². The maximum absolute atomic E-state index is 12.3. The van der Waals surface area contributed by atoms with E-state index >= 15 is 0 Å². The predicted molar refractivity (Wildman–Crippen MR) is 77.9 cm³/mol. The molecule has 2 unspecified atom stereocenters. The molecular weight excluding hydrogens is 256 g/mol. The molecule has 1 saturated heterocycles. The topological polar surface area (TPSA) is 73.6 Å². The zero-order valence-electron chi connectivity index (χ0n) is 12.0. The van der Waals surface area contributed by atoms with Crippen LogP contribution in [0.2, 0.25) is 0 Å². The molecule has 3 N–H and O–H groups in total. The highest BCUT2D eigenvalue weighted by molar-refractivity contribution is 5.98. The van der Waals surface area contributed by atoms with Gasteiger partial charge in [0.15, 0.2) is 5.75 Å². The Morgan fingerprint density at radius 1 is 1.55 bits per heavy atom. The van der Waals surface area contributed by atoms with E-state index in [4.69, 9.17) is 15.2 Å². The van der Waals surface area contributed by atoms with E-state index in [0.29, 0.717) is 36.1 Å². The van der Waals surface area contributed by atoms with E-state index in [1.165, 1.54) is 0 Å². The predicted octanol–water partition coefficient (Wildman–Crippen LogP) is 1.82. The molecule has 0 aromatic heterocycles. The third-order valence-corrected chi connectivity index (χ3v) is 3.64. The summed E-state index contributed by atoms with van der Waals surface area (Å²) in [6.07, 6.45) is 1.18. The number of nitrogens with two attached hydrogens (primary N) is 1. The second-order valence-electron chi connectivity index (χ2n) is 4.99. The third kappa shape index (κ3) is 3.22. The highest BCUT2D eigenvalue weighted by Crippen LogP contribution is 2.26. The third-order valence-electron chi connectivity index (χ3n) is 3.64. The molecule has 0 bridgehead atoms. The van der Waals surface area contributed by atoms with Crippen LogP contribution in [-0.2, 0) is 4.74 Å². The number of nitrogen functional groups attached to an aromatic ring is 1. The molecule has 0 radical (unpaired) electrons. The summed E-state index contributed by atoms with van der Waals surface area (Å²) in [5, 5.41) is 2.94. The van der Waals surface area contributed by atoms with Crippen LogP contribution < -0.4 is 15.8 Å². The molecule has 1 fully saturated rings. The van der Waals surface area contributed by atoms with Crippen LogP contribution in [0.25, 0.3) is 0 Å². The van der Waals surface area contributed by atoms with E-state index in [-0.39, 0.29) is 12.0 Å². The van der Waals surface area contributed by atoms with Gasteiger partial charge in [0, 0.05) is 19.1 Å². The van der Waals surface area contributed by atoms with Crippen LogP contribution in [-0.4, -0.2) is 31.8 Å². The Bertz CT molecular complexity index is 476. The van der Waals surface area contributed by atoms with Crippen molar-refractivity contribution in [3.63, 3.8) is 0 Å². The van der Waals surface area contributed by atoms with Gasteiger partial charge in [-0.25, -0.2) is 0 Å². The van der Waals surface area contributed by atoms with Gasteiger partial charge in [-0.05, 0) is 32.4 Å². The molecule has 1 aliphatic rings. The fourth-order valence-electron chi connectivity index (χ4n) is 2.40. The van der Waals surface area contributed by atoms with Gasteiger partial charge in [-0.1, -0.05) is 6.07 Å². The lowest BCUT2D eigenvalue weighted by Crippen LogP contribution is -2.32. The van der Waals surface area contributed by atoms with Gasteiger partial charge in [0.05, 0.1) is 24.0 Å². The van der Waals surface area contributed by atoms with Crippen molar-refractivity contribution in [1.82, 2.24) is 5.32 Å². The van der Waals surface area contributed by atoms with E-state index in [9.17, 15) is 4.79 Å². The second kappa shape index (κ2) is 6.61. The number of anilines is 1. The monoisotopic (exact) mass is 278 g/mol. The van der Waals surface area contributed by atoms with E-state index in [1.807, 2.05) is 13.8 Å². The minimum absolute atomic E-state index is 0.153. The molecule has 2 rings (SSSR count). The first kappa shape index (κ1) is 14.7. The highest BCUT2D eigenvalue weighted by Gasteiger charge is 2.25. The summed E-state index contributed by atoms with van der Waals surface area (Å²) in [5.74, 6) is 0.679. The lowest BCUT2D eigenvalue weighted by Gasteiger charge is -2.16. The Labute approximate surface area is 119 Å². The molecule has 1 aromatic carbocycles. The fraction of sp³-hybridized carbons (Fsp3) is 0.533. The average molecular weight is 278 g/mol. The van der Waals surface area contributed by atoms with E-state index in [1.54, 1.807) is 18.2 Å². The number of hydrogen-bond donors (Lipinski definition) is 2. The first-order valence-electron chi connectivity index (χ1n) is 7.04. The second-order valence-corrected chi connectivity index (χ2v) is 4.99. The molecule has 1 aliphatic heterocycles. The smallest absolute Gasteiger partial charge is 0.255 e. The number of carbonyl (C=O) groups is 1. The Morgan fingerprint density at radius 2 is 2.35 bits per heavy atom. The summed E-state index contributed by atoms with van der Waals surface area (Å²) < 4.78 is 11.0. The molecular formula is C15H22N2O3. The molecule has 0 spiro atoms. The van der Waals surface area contributed by atoms with Crippen LogP contribution in [0.4, 0.5) is 5.69 Å². The number of para-hydroxylation sites is 1. The molecule has 5 nitrogen and oxygen atoms in total. The summed E-state index contributed by atoms with van der Waals surface area (Å²) in [4.78, 5) is 12.3. The lowest BCUT2D eigenvalue weighted by molar-refractivity contribution is 0.0904. The zero-order chi connectivity index (χ0) is 14.5. The van der Waals surface area contributed by atoms with Crippen LogP contribution in [0.1, 0.15) is 30.6 Å². The van der Waals surface area contributed by atoms with Crippen molar-refractivity contribution in [1.29, 1.82) is 0 Å². The Morgan fingerprint density at radius 3 is 3.00 bits per heavy atom. The first-order chi connectivity index (χ1) is 9.63. The maximum atomic E-state index is 12.3. The number of nitrogens with one attached hydrogen (secondary N) is 1. The zero-order valence-corrected chi connectivity index (χ0v) is 12.0. The van der Waals surface area contributed by atoms with Gasteiger partial charge in [0.1, 0.15) is 0 Å². The van der Waals surface area contributed by atoms with Gasteiger partial charge >= 0.3 is 0 Å². The van der Waals surface area contributed by atoms with E-state index in [0.717, 1.165) is 13.0 Å². The number of benzene rings is 1. The molecule has 110 valence electrons. The Balaban J connectivity index is 2.03. The number of rotatable bonds is 5. The van der Waals surface area contributed by atoms with Crippen LogP contribution in [0.5, 0.6) is 5.75 Å². The van der Waals surface area contributed by atoms with Crippen LogP contribution in [0.15, 0.2) is 18.2 Å². The van der Waals surface area contributed by atoms with Crippen molar-refractivity contribution in [2.24, 2.45) is 5.92 Å². The fourth-order valence-corrected chi connectivity index (χ4v) is 2.40. The van der Waals surface area contributed by atoms with Crippen molar-refractivity contribution in [3.8, 4) is 5.75 Å². The molecule has 5 heteroatoms. The van der Waals surface area contributed by atoms with Crippen molar-refractivity contribution in [2.75, 3.05) is 25.5 Å². The summed E-state index contributed by atoms with van der Waals surface area (Å²) in [6, 6.07) is 5.22. The molecule has 0 saturated carbocycles. The van der Waals surface area contributed by atoms with Crippen LogP contribution in [0.3, 0.4) is 0 Å². The van der Waals surface area contributed by atoms with Gasteiger partial charge in [-0.2, -0.15) is 0 Å². The Kier molecular flexibility index (Phi) is 4.84. The first-order valence-corrected chi connectivity index (χ1v) is 7.04. The Hall–Kier alpha value is -1.75. The molecule has 0 aliphatic carbocycles. The summed E-state index contributed by atoms with van der Waals surface area (Å²) in [7, 11) is 0. The number of carbonyl (C=O) groups excluding carboxylic acids is 1. The normalized spacial score (nSPS) is 21.7.